The molecule has 1 N–H and O–H groups in total. The summed E-state index contributed by atoms with van der Waals surface area (Å²) in [6.07, 6.45) is -1.52. The van der Waals surface area contributed by atoms with Gasteiger partial charge in [-0.2, -0.15) is 0 Å². The highest BCUT2D eigenvalue weighted by molar-refractivity contribution is 7.13. The molecule has 0 aliphatic rings. The van der Waals surface area contributed by atoms with E-state index in [0.717, 1.165) is 11.3 Å². The van der Waals surface area contributed by atoms with Crippen molar-refractivity contribution in [2.75, 3.05) is 0 Å². The molecule has 0 amide bonds. The van der Waals surface area contributed by atoms with Crippen LogP contribution in [0.1, 0.15) is 0 Å². The van der Waals surface area contributed by atoms with E-state index in [4.69, 9.17) is 16.3 Å². The Morgan fingerprint density at radius 2 is 1.74 bits per heavy atom. The monoisotopic (exact) mass is 452 g/mol. The van der Waals surface area contributed by atoms with Crippen LogP contribution >= 0.6 is 22.9 Å². The highest BCUT2D eigenvalue weighted by Gasteiger charge is 2.20. The molecule has 7 nitrogen and oxygen atoms in total. The van der Waals surface area contributed by atoms with Crippen LogP contribution in [0.15, 0.2) is 72.1 Å². The summed E-state index contributed by atoms with van der Waals surface area (Å²) in [4.78, 5) is 26.8. The first-order valence-corrected chi connectivity index (χ1v) is 10.2. The van der Waals surface area contributed by atoms with Gasteiger partial charge in [0.2, 0.25) is 0 Å². The maximum Gasteiger partial charge on any atom is 0.511 e. The van der Waals surface area contributed by atoms with Crippen molar-refractivity contribution in [3.05, 3.63) is 87.2 Å². The number of carbonyl (C=O) groups is 1. The molecule has 0 bridgehead atoms. The maximum atomic E-state index is 11.4. The van der Waals surface area contributed by atoms with Gasteiger partial charge in [0.15, 0.2) is 0 Å². The average Bonchev–Trinajstić information content (AvgIpc) is 3.24. The van der Waals surface area contributed by atoms with E-state index in [1.165, 1.54) is 23.5 Å². The number of hydrogen-bond acceptors (Lipinski definition) is 6. The Hall–Kier alpha value is -3.75. The fourth-order valence-electron chi connectivity index (χ4n) is 3.08. The smallest absolute Gasteiger partial charge is 0.449 e. The molecule has 0 saturated heterocycles. The van der Waals surface area contributed by atoms with Crippen LogP contribution in [0.25, 0.3) is 33.0 Å². The van der Waals surface area contributed by atoms with Crippen LogP contribution in [0.2, 0.25) is 5.02 Å². The molecule has 0 aliphatic heterocycles. The molecule has 154 valence electrons. The fraction of sp³-hybridized carbons (Fsp3) is 0. The number of nitro benzene ring substituents is 1. The lowest BCUT2D eigenvalue weighted by molar-refractivity contribution is -0.384. The first-order chi connectivity index (χ1) is 14.9. The number of carboxylic acid groups (broad SMARTS) is 1. The molecule has 0 unspecified atom stereocenters. The Morgan fingerprint density at radius 1 is 1.03 bits per heavy atom. The fourth-order valence-corrected chi connectivity index (χ4v) is 4.03. The van der Waals surface area contributed by atoms with E-state index in [9.17, 15) is 20.0 Å². The molecule has 0 radical (unpaired) electrons. The van der Waals surface area contributed by atoms with Gasteiger partial charge in [0.1, 0.15) is 10.8 Å². The lowest BCUT2D eigenvalue weighted by Crippen LogP contribution is -2.05. The first kappa shape index (κ1) is 20.5. The molecule has 4 rings (SSSR count). The summed E-state index contributed by atoms with van der Waals surface area (Å²) in [5, 5.41) is 23.7. The van der Waals surface area contributed by atoms with E-state index in [2.05, 4.69) is 4.98 Å². The molecule has 0 atom stereocenters. The number of para-hydroxylation sites is 1. The lowest BCUT2D eigenvalue weighted by Gasteiger charge is -2.10. The molecular weight excluding hydrogens is 440 g/mol. The van der Waals surface area contributed by atoms with Gasteiger partial charge < -0.3 is 9.84 Å². The van der Waals surface area contributed by atoms with Crippen LogP contribution in [-0.4, -0.2) is 21.2 Å². The van der Waals surface area contributed by atoms with Gasteiger partial charge in [-0.15, -0.1) is 11.3 Å². The second-order valence-electron chi connectivity index (χ2n) is 6.40. The molecule has 3 aromatic carbocycles. The summed E-state index contributed by atoms with van der Waals surface area (Å²) in [5.74, 6) is -0.0115. The van der Waals surface area contributed by atoms with Crippen molar-refractivity contribution in [3.63, 3.8) is 0 Å². The third-order valence-electron chi connectivity index (χ3n) is 4.46. The van der Waals surface area contributed by atoms with Crippen molar-refractivity contribution in [1.82, 2.24) is 4.98 Å². The number of hydrogen-bond donors (Lipinski definition) is 1. The third-order valence-corrected chi connectivity index (χ3v) is 5.60. The van der Waals surface area contributed by atoms with Gasteiger partial charge in [0.25, 0.3) is 5.69 Å². The van der Waals surface area contributed by atoms with E-state index in [0.29, 0.717) is 21.2 Å². The second-order valence-corrected chi connectivity index (χ2v) is 7.69. The summed E-state index contributed by atoms with van der Waals surface area (Å²) in [6.45, 7) is 0. The normalized spacial score (nSPS) is 10.6. The SMILES string of the molecule is O=C(O)Oc1cc(-c2nc(-c3ccc(Cl)cc3)cs2)ccc1-c1ccccc1[N+](=O)[O-]. The Morgan fingerprint density at radius 3 is 2.45 bits per heavy atom. The van der Waals surface area contributed by atoms with Crippen molar-refractivity contribution in [2.24, 2.45) is 0 Å². The minimum atomic E-state index is -1.52. The number of halogens is 1. The number of nitrogens with zero attached hydrogens (tertiary/aromatic N) is 2. The molecule has 0 spiro atoms. The summed E-state index contributed by atoms with van der Waals surface area (Å²) in [6, 6.07) is 18.2. The number of aromatic nitrogens is 1. The molecule has 4 aromatic rings. The standard InChI is InChI=1S/C22H13ClN2O5S/c23-15-8-5-13(6-9-15)18-12-31-21(24-18)14-7-10-17(20(11-14)30-22(26)27)16-3-1-2-4-19(16)25(28)29/h1-12H,(H,26,27). The molecule has 0 fully saturated rings. The number of thiazole rings is 1. The zero-order chi connectivity index (χ0) is 22.0. The third kappa shape index (κ3) is 4.40. The summed E-state index contributed by atoms with van der Waals surface area (Å²) >= 11 is 7.32. The molecular formula is C22H13ClN2O5S. The molecule has 0 aliphatic carbocycles. The summed E-state index contributed by atoms with van der Waals surface area (Å²) < 4.78 is 4.96. The van der Waals surface area contributed by atoms with E-state index in [1.54, 1.807) is 42.5 Å². The van der Waals surface area contributed by atoms with E-state index >= 15 is 0 Å². The highest BCUT2D eigenvalue weighted by atomic mass is 35.5. The van der Waals surface area contributed by atoms with Crippen LogP contribution in [-0.2, 0) is 0 Å². The Kier molecular flexibility index (Phi) is 5.66. The number of rotatable bonds is 5. The van der Waals surface area contributed by atoms with Crippen LogP contribution in [0.4, 0.5) is 10.5 Å². The summed E-state index contributed by atoms with van der Waals surface area (Å²) in [5.41, 5.74) is 2.68. The van der Waals surface area contributed by atoms with Gasteiger partial charge in [-0.05, 0) is 30.3 Å². The van der Waals surface area contributed by atoms with E-state index in [-0.39, 0.29) is 17.0 Å². The van der Waals surface area contributed by atoms with Gasteiger partial charge in [-0.25, -0.2) is 9.78 Å². The predicted molar refractivity (Wildman–Crippen MR) is 119 cm³/mol. The van der Waals surface area contributed by atoms with Crippen LogP contribution in [0.3, 0.4) is 0 Å². The van der Waals surface area contributed by atoms with Gasteiger partial charge in [0.05, 0.1) is 16.2 Å². The molecule has 9 heteroatoms. The topological polar surface area (TPSA) is 103 Å². The minimum absolute atomic E-state index is 0.0115. The molecule has 0 saturated carbocycles. The van der Waals surface area contributed by atoms with E-state index < -0.39 is 11.1 Å². The molecule has 1 aromatic heterocycles. The van der Waals surface area contributed by atoms with Crippen LogP contribution in [0, 0.1) is 10.1 Å². The van der Waals surface area contributed by atoms with Crippen molar-refractivity contribution in [2.45, 2.75) is 0 Å². The Labute approximate surface area is 185 Å². The van der Waals surface area contributed by atoms with E-state index in [1.807, 2.05) is 17.5 Å². The van der Waals surface area contributed by atoms with Gasteiger partial charge in [0, 0.05) is 33.2 Å². The minimum Gasteiger partial charge on any atom is -0.449 e. The predicted octanol–water partition coefficient (Wildman–Crippen LogP) is 6.76. The lowest BCUT2D eigenvalue weighted by atomic mass is 10.0. The Bertz CT molecular complexity index is 1290. The van der Waals surface area contributed by atoms with Gasteiger partial charge in [-0.1, -0.05) is 41.9 Å². The highest BCUT2D eigenvalue weighted by Crippen LogP contribution is 2.39. The van der Waals surface area contributed by atoms with Crippen LogP contribution < -0.4 is 4.74 Å². The zero-order valence-electron chi connectivity index (χ0n) is 15.7. The Balaban J connectivity index is 1.77. The zero-order valence-corrected chi connectivity index (χ0v) is 17.3. The maximum absolute atomic E-state index is 11.4. The van der Waals surface area contributed by atoms with Gasteiger partial charge >= 0.3 is 6.16 Å². The summed E-state index contributed by atoms with van der Waals surface area (Å²) in [7, 11) is 0. The first-order valence-electron chi connectivity index (χ1n) is 8.93. The quantitative estimate of drug-likeness (QED) is 0.155. The van der Waals surface area contributed by atoms with Crippen molar-refractivity contribution in [1.29, 1.82) is 0 Å². The number of benzene rings is 3. The van der Waals surface area contributed by atoms with Gasteiger partial charge in [-0.3, -0.25) is 10.1 Å². The van der Waals surface area contributed by atoms with Crippen molar-refractivity contribution < 1.29 is 19.6 Å². The number of ether oxygens (including phenoxy) is 1. The van der Waals surface area contributed by atoms with Crippen molar-refractivity contribution in [3.8, 4) is 38.7 Å². The van der Waals surface area contributed by atoms with Crippen molar-refractivity contribution >= 4 is 34.8 Å². The number of nitro groups is 1. The second kappa shape index (κ2) is 8.55. The largest absolute Gasteiger partial charge is 0.511 e. The average molecular weight is 453 g/mol. The molecule has 31 heavy (non-hydrogen) atoms. The van der Waals surface area contributed by atoms with Crippen LogP contribution in [0.5, 0.6) is 5.75 Å². The molecule has 1 heterocycles.